The zero-order valence-electron chi connectivity index (χ0n) is 12.7. The van der Waals surface area contributed by atoms with Gasteiger partial charge >= 0.3 is 0 Å². The highest BCUT2D eigenvalue weighted by molar-refractivity contribution is 5.32. The van der Waals surface area contributed by atoms with E-state index in [9.17, 15) is 9.50 Å². The van der Waals surface area contributed by atoms with Gasteiger partial charge in [-0.05, 0) is 55.2 Å². The van der Waals surface area contributed by atoms with E-state index in [4.69, 9.17) is 4.74 Å². The first-order valence-corrected chi connectivity index (χ1v) is 7.52. The monoisotopic (exact) mass is 280 g/mol. The fourth-order valence-electron chi connectivity index (χ4n) is 3.26. The summed E-state index contributed by atoms with van der Waals surface area (Å²) < 4.78 is 18.8. The van der Waals surface area contributed by atoms with Crippen LogP contribution < -0.4 is 4.74 Å². The topological polar surface area (TPSA) is 29.5 Å². The van der Waals surface area contributed by atoms with Crippen LogP contribution in [-0.4, -0.2) is 12.2 Å². The third-order valence-electron chi connectivity index (χ3n) is 4.73. The molecule has 0 heterocycles. The molecule has 2 nitrogen and oxygen atoms in total. The lowest BCUT2D eigenvalue weighted by Gasteiger charge is -2.28. The van der Waals surface area contributed by atoms with E-state index in [1.807, 2.05) is 0 Å². The van der Waals surface area contributed by atoms with E-state index in [1.165, 1.54) is 13.2 Å². The minimum Gasteiger partial charge on any atom is -0.494 e. The van der Waals surface area contributed by atoms with Crippen LogP contribution in [0.3, 0.4) is 0 Å². The largest absolute Gasteiger partial charge is 0.494 e. The van der Waals surface area contributed by atoms with Crippen LogP contribution in [0.4, 0.5) is 4.39 Å². The lowest BCUT2D eigenvalue weighted by Crippen LogP contribution is -2.25. The predicted octanol–water partition coefficient (Wildman–Crippen LogP) is 4.26. The molecule has 3 heteroatoms. The second-order valence-electron chi connectivity index (χ2n) is 6.32. The third-order valence-corrected chi connectivity index (χ3v) is 4.73. The number of benzene rings is 1. The second kappa shape index (κ2) is 6.13. The first kappa shape index (κ1) is 15.3. The van der Waals surface area contributed by atoms with Crippen LogP contribution in [0.1, 0.15) is 51.5 Å². The summed E-state index contributed by atoms with van der Waals surface area (Å²) in [5.74, 6) is 1.13. The maximum atomic E-state index is 13.8. The summed E-state index contributed by atoms with van der Waals surface area (Å²) in [6.07, 6.45) is 4.57. The van der Waals surface area contributed by atoms with Gasteiger partial charge in [-0.1, -0.05) is 26.3 Å². The van der Waals surface area contributed by atoms with Crippen LogP contribution >= 0.6 is 0 Å². The minimum absolute atomic E-state index is 0.228. The van der Waals surface area contributed by atoms with E-state index in [0.717, 1.165) is 19.3 Å². The van der Waals surface area contributed by atoms with E-state index < -0.39 is 11.4 Å². The van der Waals surface area contributed by atoms with Crippen molar-refractivity contribution in [2.75, 3.05) is 7.11 Å². The quantitative estimate of drug-likeness (QED) is 0.838. The molecular formula is C17H25FO2. The van der Waals surface area contributed by atoms with Gasteiger partial charge in [0.1, 0.15) is 0 Å². The first-order valence-electron chi connectivity index (χ1n) is 7.52. The van der Waals surface area contributed by atoms with Gasteiger partial charge in [-0.2, -0.15) is 0 Å². The summed E-state index contributed by atoms with van der Waals surface area (Å²) in [7, 11) is 1.45. The predicted molar refractivity (Wildman–Crippen MR) is 78.3 cm³/mol. The van der Waals surface area contributed by atoms with Crippen molar-refractivity contribution in [2.45, 2.75) is 51.6 Å². The average molecular weight is 280 g/mol. The molecule has 1 aromatic rings. The molecule has 2 unspecified atom stereocenters. The standard InChI is InChI=1S/C17H25FO2/c1-12(2)13-5-4-9-17(19,10-8-13)14-6-7-16(20-3)15(18)11-14/h6-7,11-13,19H,4-5,8-10H2,1-3H3. The molecule has 1 saturated carbocycles. The van der Waals surface area contributed by atoms with Gasteiger partial charge in [0.25, 0.3) is 0 Å². The lowest BCUT2D eigenvalue weighted by atomic mass is 9.84. The van der Waals surface area contributed by atoms with Crippen LogP contribution in [0.2, 0.25) is 0 Å². The van der Waals surface area contributed by atoms with Crippen molar-refractivity contribution in [3.63, 3.8) is 0 Å². The first-order chi connectivity index (χ1) is 9.46. The summed E-state index contributed by atoms with van der Waals surface area (Å²) in [6, 6.07) is 4.82. The summed E-state index contributed by atoms with van der Waals surface area (Å²) in [5, 5.41) is 10.9. The summed E-state index contributed by atoms with van der Waals surface area (Å²) >= 11 is 0. The van der Waals surface area contributed by atoms with Crippen LogP contribution in [-0.2, 0) is 5.60 Å². The number of hydrogen-bond donors (Lipinski definition) is 1. The highest BCUT2D eigenvalue weighted by Gasteiger charge is 2.33. The molecule has 2 rings (SSSR count). The molecule has 1 aromatic carbocycles. The van der Waals surface area contributed by atoms with E-state index in [-0.39, 0.29) is 5.75 Å². The van der Waals surface area contributed by atoms with Gasteiger partial charge in [0.15, 0.2) is 11.6 Å². The Labute approximate surface area is 121 Å². The second-order valence-corrected chi connectivity index (χ2v) is 6.32. The third kappa shape index (κ3) is 3.14. The van der Waals surface area contributed by atoms with Crippen molar-refractivity contribution in [1.82, 2.24) is 0 Å². The summed E-state index contributed by atoms with van der Waals surface area (Å²) in [5.41, 5.74) is -0.211. The zero-order chi connectivity index (χ0) is 14.8. The number of hydrogen-bond acceptors (Lipinski definition) is 2. The van der Waals surface area contributed by atoms with Crippen molar-refractivity contribution in [3.05, 3.63) is 29.6 Å². The fraction of sp³-hybridized carbons (Fsp3) is 0.647. The SMILES string of the molecule is COc1ccc(C2(O)CCCC(C(C)C)CC2)cc1F. The minimum atomic E-state index is -0.892. The number of methoxy groups -OCH3 is 1. The van der Waals surface area contributed by atoms with Crippen LogP contribution in [0.25, 0.3) is 0 Å². The molecule has 1 aliphatic rings. The molecule has 0 amide bonds. The van der Waals surface area contributed by atoms with E-state index >= 15 is 0 Å². The molecule has 0 aliphatic heterocycles. The Morgan fingerprint density at radius 2 is 2.05 bits per heavy atom. The molecule has 2 atom stereocenters. The zero-order valence-corrected chi connectivity index (χ0v) is 12.7. The number of ether oxygens (including phenoxy) is 1. The molecule has 0 saturated heterocycles. The van der Waals surface area contributed by atoms with Crippen LogP contribution in [0.15, 0.2) is 18.2 Å². The van der Waals surface area contributed by atoms with Crippen molar-refractivity contribution in [1.29, 1.82) is 0 Å². The number of rotatable bonds is 3. The Kier molecular flexibility index (Phi) is 4.69. The maximum absolute atomic E-state index is 13.8. The smallest absolute Gasteiger partial charge is 0.165 e. The summed E-state index contributed by atoms with van der Waals surface area (Å²) in [6.45, 7) is 4.48. The highest BCUT2D eigenvalue weighted by Crippen LogP contribution is 2.40. The molecule has 0 spiro atoms. The van der Waals surface area contributed by atoms with E-state index in [0.29, 0.717) is 30.2 Å². The Balaban J connectivity index is 2.20. The van der Waals surface area contributed by atoms with Crippen molar-refractivity contribution in [2.24, 2.45) is 11.8 Å². The Hall–Kier alpha value is -1.09. The maximum Gasteiger partial charge on any atom is 0.165 e. The van der Waals surface area contributed by atoms with E-state index in [1.54, 1.807) is 12.1 Å². The summed E-state index contributed by atoms with van der Waals surface area (Å²) in [4.78, 5) is 0. The average Bonchev–Trinajstić information content (AvgIpc) is 2.62. The van der Waals surface area contributed by atoms with Gasteiger partial charge in [0.05, 0.1) is 12.7 Å². The molecule has 0 aromatic heterocycles. The van der Waals surface area contributed by atoms with Gasteiger partial charge in [-0.3, -0.25) is 0 Å². The molecule has 1 N–H and O–H groups in total. The van der Waals surface area contributed by atoms with E-state index in [2.05, 4.69) is 13.8 Å². The molecule has 20 heavy (non-hydrogen) atoms. The molecule has 112 valence electrons. The molecule has 0 bridgehead atoms. The van der Waals surface area contributed by atoms with Gasteiger partial charge in [-0.15, -0.1) is 0 Å². The van der Waals surface area contributed by atoms with Crippen LogP contribution in [0, 0.1) is 17.7 Å². The Bertz CT molecular complexity index is 458. The Morgan fingerprint density at radius 3 is 2.65 bits per heavy atom. The molecule has 1 fully saturated rings. The van der Waals surface area contributed by atoms with Gasteiger partial charge in [0, 0.05) is 0 Å². The van der Waals surface area contributed by atoms with Crippen LogP contribution in [0.5, 0.6) is 5.75 Å². The van der Waals surface area contributed by atoms with Gasteiger partial charge in [-0.25, -0.2) is 4.39 Å². The van der Waals surface area contributed by atoms with Crippen molar-refractivity contribution in [3.8, 4) is 5.75 Å². The highest BCUT2D eigenvalue weighted by atomic mass is 19.1. The number of aliphatic hydroxyl groups is 1. The molecule has 1 aliphatic carbocycles. The van der Waals surface area contributed by atoms with Crippen molar-refractivity contribution >= 4 is 0 Å². The molecule has 0 radical (unpaired) electrons. The molecular weight excluding hydrogens is 255 g/mol. The van der Waals surface area contributed by atoms with Crippen molar-refractivity contribution < 1.29 is 14.2 Å². The van der Waals surface area contributed by atoms with Gasteiger partial charge < -0.3 is 9.84 Å². The number of halogens is 1. The Morgan fingerprint density at radius 1 is 1.30 bits per heavy atom. The fourth-order valence-corrected chi connectivity index (χ4v) is 3.26. The normalized spacial score (nSPS) is 27.4. The lowest BCUT2D eigenvalue weighted by molar-refractivity contribution is 0.0187. The van der Waals surface area contributed by atoms with Gasteiger partial charge in [0.2, 0.25) is 0 Å².